The Morgan fingerprint density at radius 3 is 1.12 bits per heavy atom. The molecular formula is C9H7F15N2. The Morgan fingerprint density at radius 2 is 0.808 bits per heavy atom. The first-order chi connectivity index (χ1) is 11.1. The smallest absolute Gasteiger partial charge is 0.329 e. The van der Waals surface area contributed by atoms with E-state index < -0.39 is 54.9 Å². The summed E-state index contributed by atoms with van der Waals surface area (Å²) < 4.78 is 190. The fourth-order valence-electron chi connectivity index (χ4n) is 1.31. The summed E-state index contributed by atoms with van der Waals surface area (Å²) >= 11 is 0. The molecule has 0 aliphatic rings. The zero-order valence-electron chi connectivity index (χ0n) is 11.7. The Bertz CT molecular complexity index is 494. The molecule has 0 bridgehead atoms. The summed E-state index contributed by atoms with van der Waals surface area (Å²) in [5, 5.41) is 0.171. The molecule has 0 rings (SSSR count). The third-order valence-corrected chi connectivity index (χ3v) is 2.82. The number of halogens is 15. The van der Waals surface area contributed by atoms with E-state index in [0.717, 1.165) is 0 Å². The average Bonchev–Trinajstić information content (AvgIpc) is 2.42. The third-order valence-electron chi connectivity index (χ3n) is 2.82. The lowest BCUT2D eigenvalue weighted by atomic mass is 9.93. The molecule has 26 heavy (non-hydrogen) atoms. The maximum absolute atomic E-state index is 13.1. The molecule has 0 saturated carbocycles. The first-order valence-corrected chi connectivity index (χ1v) is 5.85. The first kappa shape index (κ1) is 24.9. The van der Waals surface area contributed by atoms with Crippen LogP contribution in [0.2, 0.25) is 0 Å². The maximum Gasteiger partial charge on any atom is 0.460 e. The van der Waals surface area contributed by atoms with E-state index in [1.54, 1.807) is 0 Å². The summed E-state index contributed by atoms with van der Waals surface area (Å²) in [4.78, 5) is 0. The molecular weight excluding hydrogens is 421 g/mol. The van der Waals surface area contributed by atoms with Crippen molar-refractivity contribution in [2.45, 2.75) is 41.8 Å². The molecule has 0 aliphatic carbocycles. The van der Waals surface area contributed by atoms with Gasteiger partial charge in [-0.05, 0) is 0 Å². The Kier molecular flexibility index (Phi) is 6.21. The standard InChI is InChI=1S/C9H7F15N2/c10-3(11,4(12,13)6(16,17)8(20,21)22)5(14,15)7(18,19)9(23,24)26-2-1-25/h26H,1-2,25H2. The summed E-state index contributed by atoms with van der Waals surface area (Å²) in [6.45, 7) is -2.46. The molecule has 17 heteroatoms. The van der Waals surface area contributed by atoms with Gasteiger partial charge in [-0.2, -0.15) is 65.9 Å². The summed E-state index contributed by atoms with van der Waals surface area (Å²) in [6.07, 6.45) is -7.61. The molecule has 0 aliphatic heterocycles. The van der Waals surface area contributed by atoms with Crippen LogP contribution in [0.15, 0.2) is 0 Å². The van der Waals surface area contributed by atoms with Crippen molar-refractivity contribution < 1.29 is 65.9 Å². The van der Waals surface area contributed by atoms with Gasteiger partial charge in [0.2, 0.25) is 0 Å². The van der Waals surface area contributed by atoms with Gasteiger partial charge in [0.05, 0.1) is 0 Å². The molecule has 0 aromatic rings. The second-order valence-corrected chi connectivity index (χ2v) is 4.66. The van der Waals surface area contributed by atoms with Gasteiger partial charge in [0.15, 0.2) is 0 Å². The Labute approximate surface area is 133 Å². The minimum absolute atomic E-state index is 0.171. The van der Waals surface area contributed by atoms with E-state index in [1.165, 1.54) is 0 Å². The third kappa shape index (κ3) is 3.27. The summed E-state index contributed by atoms with van der Waals surface area (Å²) in [5.74, 6) is -40.1. The van der Waals surface area contributed by atoms with Crippen LogP contribution in [0.4, 0.5) is 65.9 Å². The lowest BCUT2D eigenvalue weighted by Crippen LogP contribution is -2.74. The van der Waals surface area contributed by atoms with Crippen LogP contribution in [0.3, 0.4) is 0 Å². The van der Waals surface area contributed by atoms with Crippen molar-refractivity contribution in [1.29, 1.82) is 0 Å². The summed E-state index contributed by atoms with van der Waals surface area (Å²) in [6, 6.07) is -6.44. The molecule has 0 saturated heterocycles. The molecule has 0 heterocycles. The molecule has 0 spiro atoms. The Hall–Kier alpha value is -1.13. The van der Waals surface area contributed by atoms with Crippen LogP contribution < -0.4 is 11.1 Å². The predicted octanol–water partition coefficient (Wildman–Crippen LogP) is 3.87. The fraction of sp³-hybridized carbons (Fsp3) is 1.00. The lowest BCUT2D eigenvalue weighted by molar-refractivity contribution is -0.454. The van der Waals surface area contributed by atoms with Crippen LogP contribution in [0.1, 0.15) is 0 Å². The molecule has 0 radical (unpaired) electrons. The number of nitrogens with two attached hydrogens (primary N) is 1. The quantitative estimate of drug-likeness (QED) is 0.455. The topological polar surface area (TPSA) is 38.0 Å². The van der Waals surface area contributed by atoms with E-state index in [4.69, 9.17) is 0 Å². The van der Waals surface area contributed by atoms with E-state index in [1.807, 2.05) is 0 Å². The molecule has 158 valence electrons. The largest absolute Gasteiger partial charge is 0.460 e. The lowest BCUT2D eigenvalue weighted by Gasteiger charge is -2.41. The van der Waals surface area contributed by atoms with Gasteiger partial charge in [0.1, 0.15) is 0 Å². The van der Waals surface area contributed by atoms with E-state index in [0.29, 0.717) is 0 Å². The van der Waals surface area contributed by atoms with Crippen molar-refractivity contribution in [2.24, 2.45) is 5.73 Å². The summed E-state index contributed by atoms with van der Waals surface area (Å²) in [7, 11) is 0. The minimum atomic E-state index is -8.27. The molecule has 0 amide bonds. The van der Waals surface area contributed by atoms with Crippen molar-refractivity contribution in [3.63, 3.8) is 0 Å². The minimum Gasteiger partial charge on any atom is -0.329 e. The van der Waals surface area contributed by atoms with Gasteiger partial charge >= 0.3 is 41.8 Å². The van der Waals surface area contributed by atoms with E-state index in [-0.39, 0.29) is 5.32 Å². The van der Waals surface area contributed by atoms with Crippen molar-refractivity contribution >= 4 is 0 Å². The van der Waals surface area contributed by atoms with Gasteiger partial charge in [-0.25, -0.2) is 0 Å². The van der Waals surface area contributed by atoms with Crippen molar-refractivity contribution in [3.8, 4) is 0 Å². The monoisotopic (exact) mass is 428 g/mol. The second-order valence-electron chi connectivity index (χ2n) is 4.66. The van der Waals surface area contributed by atoms with Gasteiger partial charge in [-0.15, -0.1) is 0 Å². The van der Waals surface area contributed by atoms with Gasteiger partial charge in [-0.1, -0.05) is 0 Å². The maximum atomic E-state index is 13.1. The number of rotatable bonds is 8. The molecule has 0 fully saturated rings. The van der Waals surface area contributed by atoms with Crippen LogP contribution in [0.25, 0.3) is 0 Å². The zero-order valence-corrected chi connectivity index (χ0v) is 11.7. The van der Waals surface area contributed by atoms with Gasteiger partial charge < -0.3 is 5.73 Å². The number of nitrogens with one attached hydrogen (secondary N) is 1. The highest BCUT2D eigenvalue weighted by Gasteiger charge is 2.93. The number of alkyl halides is 15. The molecule has 0 unspecified atom stereocenters. The van der Waals surface area contributed by atoms with Crippen LogP contribution in [-0.2, 0) is 0 Å². The number of hydrogen-bond acceptors (Lipinski definition) is 2. The van der Waals surface area contributed by atoms with Crippen molar-refractivity contribution in [3.05, 3.63) is 0 Å². The highest BCUT2D eigenvalue weighted by atomic mass is 19.4. The van der Waals surface area contributed by atoms with Crippen LogP contribution in [-0.4, -0.2) is 54.9 Å². The molecule has 2 nitrogen and oxygen atoms in total. The Balaban J connectivity index is 6.33. The fourth-order valence-corrected chi connectivity index (χ4v) is 1.31. The highest BCUT2D eigenvalue weighted by Crippen LogP contribution is 2.61. The zero-order chi connectivity index (χ0) is 21.6. The SMILES string of the molecule is NCCNC(F)(F)C(F)(F)C(F)(F)C(F)(F)C(F)(F)C(F)(F)C(F)(F)F. The molecule has 0 aromatic heterocycles. The molecule has 0 aromatic carbocycles. The molecule has 3 N–H and O–H groups in total. The van der Waals surface area contributed by atoms with Crippen molar-refractivity contribution in [1.82, 2.24) is 5.32 Å². The predicted molar refractivity (Wildman–Crippen MR) is 52.8 cm³/mol. The highest BCUT2D eigenvalue weighted by molar-refractivity contribution is 5.12. The van der Waals surface area contributed by atoms with E-state index in [9.17, 15) is 65.9 Å². The van der Waals surface area contributed by atoms with Crippen LogP contribution in [0.5, 0.6) is 0 Å². The molecule has 0 atom stereocenters. The van der Waals surface area contributed by atoms with E-state index in [2.05, 4.69) is 5.73 Å². The normalized spacial score (nSPS) is 16.2. The average molecular weight is 428 g/mol. The van der Waals surface area contributed by atoms with Gasteiger partial charge in [0.25, 0.3) is 0 Å². The van der Waals surface area contributed by atoms with Crippen molar-refractivity contribution in [2.75, 3.05) is 13.1 Å². The second kappa shape index (κ2) is 6.49. The van der Waals surface area contributed by atoms with E-state index >= 15 is 0 Å². The van der Waals surface area contributed by atoms with Crippen LogP contribution >= 0.6 is 0 Å². The number of hydrogen-bond donors (Lipinski definition) is 2. The summed E-state index contributed by atoms with van der Waals surface area (Å²) in [5.41, 5.74) is 4.53. The van der Waals surface area contributed by atoms with Crippen LogP contribution in [0, 0.1) is 0 Å². The Morgan fingerprint density at radius 1 is 0.500 bits per heavy atom. The van der Waals surface area contributed by atoms with Gasteiger partial charge in [-0.3, -0.25) is 5.32 Å². The van der Waals surface area contributed by atoms with Gasteiger partial charge in [0, 0.05) is 13.1 Å². The first-order valence-electron chi connectivity index (χ1n) is 5.85.